The summed E-state index contributed by atoms with van der Waals surface area (Å²) in [6, 6.07) is 0. The van der Waals surface area contributed by atoms with Gasteiger partial charge in [-0.3, -0.25) is 9.59 Å². The molecular formula is C19H34O5. The van der Waals surface area contributed by atoms with Crippen LogP contribution in [0, 0.1) is 21.7 Å². The molecule has 1 heterocycles. The molecule has 2 unspecified atom stereocenters. The monoisotopic (exact) mass is 342 g/mol. The van der Waals surface area contributed by atoms with Gasteiger partial charge in [-0.05, 0) is 23.7 Å². The predicted molar refractivity (Wildman–Crippen MR) is 92.5 cm³/mol. The van der Waals surface area contributed by atoms with Crippen molar-refractivity contribution >= 4 is 11.9 Å². The molecule has 0 N–H and O–H groups in total. The molecule has 0 bridgehead atoms. The average Bonchev–Trinajstić information content (AvgIpc) is 2.51. The molecule has 0 aliphatic carbocycles. The van der Waals surface area contributed by atoms with Crippen LogP contribution in [0.4, 0.5) is 0 Å². The highest BCUT2D eigenvalue weighted by Gasteiger charge is 2.60. The lowest BCUT2D eigenvalue weighted by molar-refractivity contribution is -0.200. The number of rotatable bonds is 5. The van der Waals surface area contributed by atoms with Crippen molar-refractivity contribution in [1.82, 2.24) is 0 Å². The number of esters is 2. The first-order chi connectivity index (χ1) is 10.9. The fraction of sp³-hybridized carbons (Fsp3) is 0.895. The van der Waals surface area contributed by atoms with E-state index in [1.54, 1.807) is 0 Å². The molecule has 0 radical (unpaired) electrons. The highest BCUT2D eigenvalue weighted by Crippen LogP contribution is 2.54. The van der Waals surface area contributed by atoms with E-state index < -0.39 is 16.2 Å². The zero-order chi connectivity index (χ0) is 18.8. The molecule has 1 saturated heterocycles. The van der Waals surface area contributed by atoms with Gasteiger partial charge in [0.05, 0.1) is 38.3 Å². The number of methoxy groups -OCH3 is 2. The second-order valence-corrected chi connectivity index (χ2v) is 8.96. The number of hydrogen-bond donors (Lipinski definition) is 0. The minimum atomic E-state index is -0.877. The Morgan fingerprint density at radius 2 is 1.54 bits per heavy atom. The molecule has 0 aromatic heterocycles. The molecule has 1 aliphatic rings. The first-order valence-electron chi connectivity index (χ1n) is 8.64. The molecule has 0 amide bonds. The highest BCUT2D eigenvalue weighted by molar-refractivity contribution is 5.82. The van der Waals surface area contributed by atoms with Crippen molar-refractivity contribution in [2.45, 2.75) is 60.8 Å². The summed E-state index contributed by atoms with van der Waals surface area (Å²) in [4.78, 5) is 25.5. The van der Waals surface area contributed by atoms with Gasteiger partial charge in [-0.25, -0.2) is 0 Å². The zero-order valence-electron chi connectivity index (χ0n) is 16.6. The highest BCUT2D eigenvalue weighted by atomic mass is 16.5. The Morgan fingerprint density at radius 1 is 1.00 bits per heavy atom. The topological polar surface area (TPSA) is 61.8 Å². The second-order valence-electron chi connectivity index (χ2n) is 8.96. The molecule has 0 aromatic carbocycles. The molecule has 2 atom stereocenters. The van der Waals surface area contributed by atoms with Crippen molar-refractivity contribution in [3.63, 3.8) is 0 Å². The van der Waals surface area contributed by atoms with E-state index in [1.807, 2.05) is 20.8 Å². The first kappa shape index (κ1) is 20.9. The summed E-state index contributed by atoms with van der Waals surface area (Å²) in [6.45, 7) is 12.9. The van der Waals surface area contributed by atoms with Gasteiger partial charge in [0.25, 0.3) is 0 Å². The van der Waals surface area contributed by atoms with Gasteiger partial charge in [0, 0.05) is 0 Å². The summed E-state index contributed by atoms with van der Waals surface area (Å²) >= 11 is 0. The summed E-state index contributed by atoms with van der Waals surface area (Å²) in [5.41, 5.74) is -2.18. The van der Waals surface area contributed by atoms with E-state index in [4.69, 9.17) is 14.2 Å². The normalized spacial score (nSPS) is 28.3. The summed E-state index contributed by atoms with van der Waals surface area (Å²) in [5.74, 6) is -0.626. The summed E-state index contributed by atoms with van der Waals surface area (Å²) in [7, 11) is 2.79. The third-order valence-corrected chi connectivity index (χ3v) is 5.77. The van der Waals surface area contributed by atoms with Crippen LogP contribution < -0.4 is 0 Å². The van der Waals surface area contributed by atoms with Crippen LogP contribution in [-0.4, -0.2) is 39.4 Å². The predicted octanol–water partition coefficient (Wildman–Crippen LogP) is 3.60. The Kier molecular flexibility index (Phi) is 6.13. The lowest BCUT2D eigenvalue weighted by atomic mass is 9.55. The van der Waals surface area contributed by atoms with E-state index in [0.29, 0.717) is 12.8 Å². The van der Waals surface area contributed by atoms with Crippen LogP contribution in [0.3, 0.4) is 0 Å². The number of carbonyl (C=O) groups excluding carboxylic acids is 2. The zero-order valence-corrected chi connectivity index (χ0v) is 16.6. The molecule has 5 heteroatoms. The van der Waals surface area contributed by atoms with Crippen molar-refractivity contribution < 1.29 is 23.8 Å². The largest absolute Gasteiger partial charge is 0.469 e. The standard InChI is InChI=1S/C19H34O5/c1-9-17(5,6)10-18(14(20)22-7)11-19(13-24-12-18,15(21)23-8)16(2,3)4/h9-13H2,1-8H3. The van der Waals surface area contributed by atoms with Crippen molar-refractivity contribution in [2.75, 3.05) is 27.4 Å². The number of carbonyl (C=O) groups is 2. The van der Waals surface area contributed by atoms with Crippen LogP contribution in [-0.2, 0) is 23.8 Å². The minimum absolute atomic E-state index is 0.0609. The van der Waals surface area contributed by atoms with Crippen molar-refractivity contribution in [3.05, 3.63) is 0 Å². The third kappa shape index (κ3) is 3.76. The van der Waals surface area contributed by atoms with E-state index in [2.05, 4.69) is 20.8 Å². The van der Waals surface area contributed by atoms with Crippen molar-refractivity contribution in [1.29, 1.82) is 0 Å². The maximum Gasteiger partial charge on any atom is 0.314 e. The Balaban J connectivity index is 3.41. The van der Waals surface area contributed by atoms with Crippen LogP contribution in [0.2, 0.25) is 0 Å². The maximum atomic E-state index is 12.8. The van der Waals surface area contributed by atoms with Crippen molar-refractivity contribution in [3.8, 4) is 0 Å². The first-order valence-corrected chi connectivity index (χ1v) is 8.64. The van der Waals surface area contributed by atoms with Crippen LogP contribution in [0.1, 0.15) is 60.8 Å². The minimum Gasteiger partial charge on any atom is -0.469 e. The van der Waals surface area contributed by atoms with Crippen LogP contribution in [0.25, 0.3) is 0 Å². The van der Waals surface area contributed by atoms with Gasteiger partial charge >= 0.3 is 11.9 Å². The van der Waals surface area contributed by atoms with E-state index in [0.717, 1.165) is 6.42 Å². The van der Waals surface area contributed by atoms with Gasteiger partial charge in [0.1, 0.15) is 0 Å². The van der Waals surface area contributed by atoms with Crippen LogP contribution in [0.5, 0.6) is 0 Å². The molecule has 1 aliphatic heterocycles. The molecule has 1 fully saturated rings. The fourth-order valence-electron chi connectivity index (χ4n) is 3.79. The van der Waals surface area contributed by atoms with E-state index in [9.17, 15) is 9.59 Å². The Morgan fingerprint density at radius 3 is 1.96 bits per heavy atom. The fourth-order valence-corrected chi connectivity index (χ4v) is 3.79. The van der Waals surface area contributed by atoms with Crippen LogP contribution in [0.15, 0.2) is 0 Å². The number of hydrogen-bond acceptors (Lipinski definition) is 5. The summed E-state index contributed by atoms with van der Waals surface area (Å²) in [6.07, 6.45) is 1.91. The molecule has 0 aromatic rings. The van der Waals surface area contributed by atoms with Gasteiger partial charge < -0.3 is 14.2 Å². The smallest absolute Gasteiger partial charge is 0.314 e. The molecule has 0 saturated carbocycles. The third-order valence-electron chi connectivity index (χ3n) is 5.77. The average molecular weight is 342 g/mol. The molecule has 24 heavy (non-hydrogen) atoms. The van der Waals surface area contributed by atoms with E-state index in [-0.39, 0.29) is 30.6 Å². The van der Waals surface area contributed by atoms with Gasteiger partial charge in [-0.2, -0.15) is 0 Å². The van der Waals surface area contributed by atoms with Crippen LogP contribution >= 0.6 is 0 Å². The van der Waals surface area contributed by atoms with Gasteiger partial charge in [0.15, 0.2) is 0 Å². The Bertz CT molecular complexity index is 477. The molecule has 0 spiro atoms. The Hall–Kier alpha value is -1.10. The lowest BCUT2D eigenvalue weighted by Crippen LogP contribution is -2.58. The van der Waals surface area contributed by atoms with Gasteiger partial charge in [0.2, 0.25) is 0 Å². The Labute approximate surface area is 146 Å². The maximum absolute atomic E-state index is 12.8. The lowest BCUT2D eigenvalue weighted by Gasteiger charge is -2.51. The molecular weight excluding hydrogens is 308 g/mol. The SMILES string of the molecule is CCC(C)(C)CC1(C(=O)OC)COCC(C(=O)OC)(C(C)(C)C)C1. The van der Waals surface area contributed by atoms with Gasteiger partial charge in [-0.1, -0.05) is 48.0 Å². The molecule has 140 valence electrons. The van der Waals surface area contributed by atoms with Gasteiger partial charge in [-0.15, -0.1) is 0 Å². The van der Waals surface area contributed by atoms with E-state index in [1.165, 1.54) is 14.2 Å². The summed E-state index contributed by atoms with van der Waals surface area (Å²) in [5, 5.41) is 0. The summed E-state index contributed by atoms with van der Waals surface area (Å²) < 4.78 is 16.1. The quantitative estimate of drug-likeness (QED) is 0.714. The second kappa shape index (κ2) is 7.03. The van der Waals surface area contributed by atoms with E-state index >= 15 is 0 Å². The van der Waals surface area contributed by atoms with Crippen molar-refractivity contribution in [2.24, 2.45) is 21.7 Å². The number of ether oxygens (including phenoxy) is 3. The molecule has 5 nitrogen and oxygen atoms in total. The molecule has 1 rings (SSSR count).